The molecule has 2 aromatic heterocycles. The van der Waals surface area contributed by atoms with E-state index in [1.807, 2.05) is 24.0 Å². The van der Waals surface area contributed by atoms with Gasteiger partial charge in [-0.2, -0.15) is 18.2 Å². The molecular weight excluding hydrogens is 564 g/mol. The Morgan fingerprint density at radius 3 is 2.56 bits per heavy atom. The third kappa shape index (κ3) is 7.94. The van der Waals surface area contributed by atoms with Crippen molar-refractivity contribution in [3.05, 3.63) is 46.6 Å². The molecule has 1 saturated carbocycles. The number of quaternary nitrogens is 1. The third-order valence-electron chi connectivity index (χ3n) is 7.23. The van der Waals surface area contributed by atoms with Crippen LogP contribution in [0.5, 0.6) is 0 Å². The average molecular weight is 600 g/mol. The standard InChI is InChI=1S/C27H34F4N6O3S/c1-17(10-12-32-2)37-24-19(16-33-26(35-24)34-20-6-4-3-5-7-20)14-21(25(37)38)18-8-9-23(22(28)15-18)36-41(39,40)13-11-27(29,30)31/h8-9,14-17,20,32,36H,3-7,10-13H2,1-2H3,(H,33,34,35)/p+1. The van der Waals surface area contributed by atoms with Crippen LogP contribution in [0, 0.1) is 5.82 Å². The minimum Gasteiger partial charge on any atom is -0.351 e. The molecule has 1 atom stereocenters. The van der Waals surface area contributed by atoms with Crippen LogP contribution >= 0.6 is 0 Å². The highest BCUT2D eigenvalue weighted by molar-refractivity contribution is 7.92. The number of pyridine rings is 1. The number of hydrogen-bond donors (Lipinski definition) is 3. The Morgan fingerprint density at radius 2 is 1.90 bits per heavy atom. The molecule has 4 N–H and O–H groups in total. The number of anilines is 2. The molecule has 0 aliphatic heterocycles. The predicted molar refractivity (Wildman–Crippen MR) is 150 cm³/mol. The van der Waals surface area contributed by atoms with Crippen molar-refractivity contribution in [3.8, 4) is 11.1 Å². The first-order valence-electron chi connectivity index (χ1n) is 13.7. The second kappa shape index (κ2) is 12.7. The van der Waals surface area contributed by atoms with Gasteiger partial charge in [0.1, 0.15) is 11.5 Å². The molecular formula is C27H35F4N6O3S+. The van der Waals surface area contributed by atoms with E-state index in [1.54, 1.807) is 16.8 Å². The van der Waals surface area contributed by atoms with E-state index >= 15 is 0 Å². The largest absolute Gasteiger partial charge is 0.390 e. The monoisotopic (exact) mass is 599 g/mol. The first kappa shape index (κ1) is 30.7. The van der Waals surface area contributed by atoms with Crippen molar-refractivity contribution in [1.29, 1.82) is 0 Å². The Balaban J connectivity index is 1.70. The van der Waals surface area contributed by atoms with E-state index in [4.69, 9.17) is 4.98 Å². The maximum absolute atomic E-state index is 15.0. The van der Waals surface area contributed by atoms with Crippen molar-refractivity contribution in [2.45, 2.75) is 70.1 Å². The second-order valence-corrected chi connectivity index (χ2v) is 12.3. The Morgan fingerprint density at radius 1 is 1.17 bits per heavy atom. The van der Waals surface area contributed by atoms with Gasteiger partial charge in [0, 0.05) is 35.7 Å². The number of nitrogens with zero attached hydrogens (tertiary/aromatic N) is 3. The number of sulfonamides is 1. The lowest BCUT2D eigenvalue weighted by Gasteiger charge is -2.23. The van der Waals surface area contributed by atoms with Gasteiger partial charge in [0.15, 0.2) is 0 Å². The lowest BCUT2D eigenvalue weighted by molar-refractivity contribution is -0.627. The SMILES string of the molecule is C[NH2+]CCC(C)n1c(=O)c(-c2ccc(NS(=O)(=O)CCC(F)(F)F)c(F)c2)cc2cnc(NC3CCCCC3)nc21. The van der Waals surface area contributed by atoms with Crippen molar-refractivity contribution < 1.29 is 31.3 Å². The number of nitrogens with one attached hydrogen (secondary N) is 2. The van der Waals surface area contributed by atoms with Gasteiger partial charge in [-0.3, -0.25) is 14.1 Å². The van der Waals surface area contributed by atoms with Crippen molar-refractivity contribution in [2.24, 2.45) is 0 Å². The van der Waals surface area contributed by atoms with Crippen LogP contribution in [0.25, 0.3) is 22.2 Å². The number of halogens is 4. The zero-order chi connectivity index (χ0) is 29.8. The molecule has 14 heteroatoms. The van der Waals surface area contributed by atoms with Crippen molar-refractivity contribution in [1.82, 2.24) is 14.5 Å². The quantitative estimate of drug-likeness (QED) is 0.284. The van der Waals surface area contributed by atoms with Crippen molar-refractivity contribution >= 4 is 32.7 Å². The van der Waals surface area contributed by atoms with E-state index in [0.717, 1.165) is 44.4 Å². The number of fused-ring (bicyclic) bond motifs is 1. The molecule has 1 aromatic carbocycles. The van der Waals surface area contributed by atoms with Gasteiger partial charge in [0.2, 0.25) is 16.0 Å². The van der Waals surface area contributed by atoms with Crippen LogP contribution < -0.4 is 20.9 Å². The van der Waals surface area contributed by atoms with Gasteiger partial charge in [-0.1, -0.05) is 25.3 Å². The molecule has 1 fully saturated rings. The summed E-state index contributed by atoms with van der Waals surface area (Å²) in [5, 5.41) is 5.96. The van der Waals surface area contributed by atoms with Gasteiger partial charge in [0.25, 0.3) is 5.56 Å². The Kier molecular flexibility index (Phi) is 9.52. The molecule has 3 aromatic rings. The maximum Gasteiger partial charge on any atom is 0.390 e. The van der Waals surface area contributed by atoms with Crippen LogP contribution in [-0.4, -0.2) is 54.5 Å². The van der Waals surface area contributed by atoms with E-state index in [9.17, 15) is 30.8 Å². The highest BCUT2D eigenvalue weighted by Gasteiger charge is 2.30. The predicted octanol–water partition coefficient (Wildman–Crippen LogP) is 4.18. The van der Waals surface area contributed by atoms with Crippen molar-refractivity contribution in [2.75, 3.05) is 29.4 Å². The van der Waals surface area contributed by atoms with Gasteiger partial charge < -0.3 is 10.6 Å². The first-order valence-corrected chi connectivity index (χ1v) is 15.4. The molecule has 2 heterocycles. The number of benzene rings is 1. The fourth-order valence-corrected chi connectivity index (χ4v) is 6.11. The summed E-state index contributed by atoms with van der Waals surface area (Å²) in [5.41, 5.74) is -0.121. The summed E-state index contributed by atoms with van der Waals surface area (Å²) in [6.07, 6.45) is 1.57. The highest BCUT2D eigenvalue weighted by Crippen LogP contribution is 2.28. The van der Waals surface area contributed by atoms with Crippen LogP contribution in [-0.2, 0) is 10.0 Å². The fourth-order valence-electron chi connectivity index (χ4n) is 5.01. The minimum atomic E-state index is -4.67. The van der Waals surface area contributed by atoms with Crippen LogP contribution in [0.3, 0.4) is 0 Å². The first-order chi connectivity index (χ1) is 19.4. The van der Waals surface area contributed by atoms with E-state index in [-0.39, 0.29) is 23.2 Å². The van der Waals surface area contributed by atoms with E-state index in [2.05, 4.69) is 10.3 Å². The number of rotatable bonds is 11. The summed E-state index contributed by atoms with van der Waals surface area (Å²) >= 11 is 0. The molecule has 0 radical (unpaired) electrons. The van der Waals surface area contributed by atoms with Gasteiger partial charge >= 0.3 is 6.18 Å². The highest BCUT2D eigenvalue weighted by atomic mass is 32.2. The van der Waals surface area contributed by atoms with Gasteiger partial charge in [0.05, 0.1) is 31.5 Å². The second-order valence-electron chi connectivity index (χ2n) is 10.5. The summed E-state index contributed by atoms with van der Waals surface area (Å²) in [6.45, 7) is 2.67. The number of nitrogens with two attached hydrogens (primary N) is 1. The average Bonchev–Trinajstić information content (AvgIpc) is 2.92. The zero-order valence-corrected chi connectivity index (χ0v) is 23.8. The van der Waals surface area contributed by atoms with Crippen LogP contribution in [0.15, 0.2) is 35.3 Å². The number of alkyl halides is 3. The third-order valence-corrected chi connectivity index (χ3v) is 8.50. The molecule has 0 bridgehead atoms. The Labute approximate surface area is 235 Å². The summed E-state index contributed by atoms with van der Waals surface area (Å²) in [5.74, 6) is -1.83. The molecule has 1 aliphatic rings. The lowest BCUT2D eigenvalue weighted by atomic mass is 9.96. The van der Waals surface area contributed by atoms with Crippen LogP contribution in [0.1, 0.15) is 57.9 Å². The summed E-state index contributed by atoms with van der Waals surface area (Å²) in [7, 11) is -2.52. The summed E-state index contributed by atoms with van der Waals surface area (Å²) in [6, 6.07) is 5.01. The zero-order valence-electron chi connectivity index (χ0n) is 23.0. The normalized spacial score (nSPS) is 15.7. The van der Waals surface area contributed by atoms with Gasteiger partial charge in [-0.25, -0.2) is 17.8 Å². The minimum absolute atomic E-state index is 0.159. The molecule has 0 spiro atoms. The molecule has 224 valence electrons. The molecule has 0 saturated heterocycles. The molecule has 4 rings (SSSR count). The molecule has 41 heavy (non-hydrogen) atoms. The lowest BCUT2D eigenvalue weighted by Crippen LogP contribution is -2.79. The summed E-state index contributed by atoms with van der Waals surface area (Å²) < 4.78 is 79.9. The molecule has 1 aliphatic carbocycles. The van der Waals surface area contributed by atoms with E-state index in [1.165, 1.54) is 12.5 Å². The topological polar surface area (TPSA) is 123 Å². The Bertz CT molecular complexity index is 1540. The molecule has 9 nitrogen and oxygen atoms in total. The van der Waals surface area contributed by atoms with Gasteiger partial charge in [-0.15, -0.1) is 0 Å². The number of aromatic nitrogens is 3. The van der Waals surface area contributed by atoms with Crippen molar-refractivity contribution in [3.63, 3.8) is 0 Å². The maximum atomic E-state index is 15.0. The van der Waals surface area contributed by atoms with Gasteiger partial charge in [-0.05, 0) is 43.5 Å². The molecule has 1 unspecified atom stereocenters. The Hall–Kier alpha value is -3.26. The van der Waals surface area contributed by atoms with Crippen LogP contribution in [0.2, 0.25) is 0 Å². The van der Waals surface area contributed by atoms with E-state index < -0.39 is 45.4 Å². The molecule has 0 amide bonds. The summed E-state index contributed by atoms with van der Waals surface area (Å²) in [4.78, 5) is 23.0. The smallest absolute Gasteiger partial charge is 0.351 e. The van der Waals surface area contributed by atoms with Crippen LogP contribution in [0.4, 0.5) is 29.2 Å². The number of hydrogen-bond acceptors (Lipinski definition) is 6. The fraction of sp³-hybridized carbons (Fsp3) is 0.519. The van der Waals surface area contributed by atoms with E-state index in [0.29, 0.717) is 23.4 Å².